The van der Waals surface area contributed by atoms with E-state index in [-0.39, 0.29) is 0 Å². The minimum Gasteiger partial charge on any atom is -0.508 e. The Hall–Kier alpha value is -1.02. The molecule has 0 amide bonds. The molecule has 1 aromatic rings. The number of aromatic hydroxyl groups is 1. The first kappa shape index (κ1) is 13.0. The summed E-state index contributed by atoms with van der Waals surface area (Å²) in [5, 5.41) is 9.45. The molecule has 0 bridgehead atoms. The SMILES string of the molecule is CCC(c1ccc(O)cc1)N1CCC2CCCCC21. The third-order valence-corrected chi connectivity index (χ3v) is 5.12. The summed E-state index contributed by atoms with van der Waals surface area (Å²) in [4.78, 5) is 2.75. The van der Waals surface area contributed by atoms with Gasteiger partial charge in [-0.2, -0.15) is 0 Å². The normalized spacial score (nSPS) is 29.1. The molecule has 1 saturated heterocycles. The Morgan fingerprint density at radius 2 is 1.89 bits per heavy atom. The van der Waals surface area contributed by atoms with E-state index in [2.05, 4.69) is 24.0 Å². The number of phenols is 1. The van der Waals surface area contributed by atoms with Gasteiger partial charge in [0, 0.05) is 12.1 Å². The smallest absolute Gasteiger partial charge is 0.115 e. The zero-order chi connectivity index (χ0) is 13.2. The van der Waals surface area contributed by atoms with E-state index in [1.807, 2.05) is 12.1 Å². The summed E-state index contributed by atoms with van der Waals surface area (Å²) < 4.78 is 0. The van der Waals surface area contributed by atoms with Gasteiger partial charge in [0.15, 0.2) is 0 Å². The second-order valence-electron chi connectivity index (χ2n) is 6.15. The molecule has 1 heterocycles. The molecule has 1 aliphatic carbocycles. The van der Waals surface area contributed by atoms with Crippen molar-refractivity contribution in [2.75, 3.05) is 6.54 Å². The fourth-order valence-corrected chi connectivity index (χ4v) is 4.19. The molecule has 2 nitrogen and oxygen atoms in total. The van der Waals surface area contributed by atoms with Crippen LogP contribution in [-0.2, 0) is 0 Å². The maximum absolute atomic E-state index is 9.45. The average molecular weight is 259 g/mol. The summed E-state index contributed by atoms with van der Waals surface area (Å²) >= 11 is 0. The van der Waals surface area contributed by atoms with E-state index < -0.39 is 0 Å². The molecule has 104 valence electrons. The number of benzene rings is 1. The Labute approximate surface area is 116 Å². The molecule has 3 atom stereocenters. The second-order valence-corrected chi connectivity index (χ2v) is 6.15. The molecular weight excluding hydrogens is 234 g/mol. The zero-order valence-corrected chi connectivity index (χ0v) is 11.9. The minimum absolute atomic E-state index is 0.371. The van der Waals surface area contributed by atoms with Gasteiger partial charge >= 0.3 is 0 Å². The van der Waals surface area contributed by atoms with Crippen molar-refractivity contribution in [1.82, 2.24) is 4.90 Å². The molecule has 19 heavy (non-hydrogen) atoms. The van der Waals surface area contributed by atoms with Gasteiger partial charge < -0.3 is 5.11 Å². The first-order valence-corrected chi connectivity index (χ1v) is 7.84. The molecule has 0 aromatic heterocycles. The van der Waals surface area contributed by atoms with Gasteiger partial charge in [-0.1, -0.05) is 31.9 Å². The Bertz CT molecular complexity index is 414. The highest BCUT2D eigenvalue weighted by molar-refractivity contribution is 5.28. The summed E-state index contributed by atoms with van der Waals surface area (Å²) in [7, 11) is 0. The monoisotopic (exact) mass is 259 g/mol. The number of nitrogens with zero attached hydrogens (tertiary/aromatic N) is 1. The van der Waals surface area contributed by atoms with Crippen LogP contribution in [0.3, 0.4) is 0 Å². The summed E-state index contributed by atoms with van der Waals surface area (Å²) in [6, 6.07) is 9.19. The third-order valence-electron chi connectivity index (χ3n) is 5.12. The standard InChI is InChI=1S/C17H25NO/c1-2-16(14-7-9-15(19)10-8-14)18-12-11-13-5-3-4-6-17(13)18/h7-10,13,16-17,19H,2-6,11-12H2,1H3. The molecular formula is C17H25NO. The fraction of sp³-hybridized carbons (Fsp3) is 0.647. The summed E-state index contributed by atoms with van der Waals surface area (Å²) in [5.41, 5.74) is 1.37. The van der Waals surface area contributed by atoms with Crippen molar-refractivity contribution in [1.29, 1.82) is 0 Å². The molecule has 0 radical (unpaired) electrons. The van der Waals surface area contributed by atoms with Crippen LogP contribution < -0.4 is 0 Å². The number of likely N-dealkylation sites (tertiary alicyclic amines) is 1. The van der Waals surface area contributed by atoms with Crippen LogP contribution in [0.1, 0.15) is 57.1 Å². The molecule has 0 spiro atoms. The Morgan fingerprint density at radius 3 is 2.63 bits per heavy atom. The van der Waals surface area contributed by atoms with E-state index in [0.29, 0.717) is 11.8 Å². The molecule has 1 aromatic carbocycles. The number of fused-ring (bicyclic) bond motifs is 1. The molecule has 2 heteroatoms. The molecule has 3 rings (SSSR count). The van der Waals surface area contributed by atoms with Gasteiger partial charge in [-0.05, 0) is 55.8 Å². The van der Waals surface area contributed by atoms with Gasteiger partial charge in [0.2, 0.25) is 0 Å². The van der Waals surface area contributed by atoms with Crippen LogP contribution in [0.5, 0.6) is 5.75 Å². The lowest BCUT2D eigenvalue weighted by atomic mass is 9.84. The van der Waals surface area contributed by atoms with Gasteiger partial charge in [0.1, 0.15) is 5.75 Å². The van der Waals surface area contributed by atoms with Crippen LogP contribution in [0.25, 0.3) is 0 Å². The maximum atomic E-state index is 9.45. The minimum atomic E-state index is 0.371. The maximum Gasteiger partial charge on any atom is 0.115 e. The third kappa shape index (κ3) is 2.51. The van der Waals surface area contributed by atoms with Crippen LogP contribution in [0, 0.1) is 5.92 Å². The van der Waals surface area contributed by atoms with E-state index in [0.717, 1.165) is 18.4 Å². The number of phenolic OH excluding ortho intramolecular Hbond substituents is 1. The first-order chi connectivity index (χ1) is 9.29. The van der Waals surface area contributed by atoms with Gasteiger partial charge in [-0.15, -0.1) is 0 Å². The molecule has 1 aliphatic heterocycles. The highest BCUT2D eigenvalue weighted by atomic mass is 16.3. The highest BCUT2D eigenvalue weighted by Gasteiger charge is 2.38. The molecule has 2 aliphatic rings. The van der Waals surface area contributed by atoms with Crippen molar-refractivity contribution in [3.8, 4) is 5.75 Å². The van der Waals surface area contributed by atoms with Gasteiger partial charge in [0.25, 0.3) is 0 Å². The van der Waals surface area contributed by atoms with Crippen LogP contribution in [-0.4, -0.2) is 22.6 Å². The Kier molecular flexibility index (Phi) is 3.79. The van der Waals surface area contributed by atoms with Gasteiger partial charge in [-0.3, -0.25) is 4.90 Å². The summed E-state index contributed by atoms with van der Waals surface area (Å²) in [6.45, 7) is 3.54. The van der Waals surface area contributed by atoms with Crippen LogP contribution in [0.2, 0.25) is 0 Å². The number of hydrogen-bond donors (Lipinski definition) is 1. The molecule has 3 unspecified atom stereocenters. The van der Waals surface area contributed by atoms with Crippen LogP contribution in [0.15, 0.2) is 24.3 Å². The van der Waals surface area contributed by atoms with Crippen molar-refractivity contribution in [3.05, 3.63) is 29.8 Å². The van der Waals surface area contributed by atoms with E-state index in [1.54, 1.807) is 0 Å². The van der Waals surface area contributed by atoms with Crippen molar-refractivity contribution in [2.45, 2.75) is 57.5 Å². The summed E-state index contributed by atoms with van der Waals surface area (Å²) in [5.74, 6) is 1.32. The lowest BCUT2D eigenvalue weighted by Crippen LogP contribution is -2.37. The predicted molar refractivity (Wildman–Crippen MR) is 78.2 cm³/mol. The Morgan fingerprint density at radius 1 is 1.16 bits per heavy atom. The summed E-state index contributed by atoms with van der Waals surface area (Å²) in [6.07, 6.45) is 8.22. The lowest BCUT2D eigenvalue weighted by molar-refractivity contribution is 0.129. The molecule has 1 N–H and O–H groups in total. The van der Waals surface area contributed by atoms with Crippen molar-refractivity contribution >= 4 is 0 Å². The van der Waals surface area contributed by atoms with E-state index in [4.69, 9.17) is 0 Å². The second kappa shape index (κ2) is 5.54. The van der Waals surface area contributed by atoms with Gasteiger partial charge in [-0.25, -0.2) is 0 Å². The molecule has 2 fully saturated rings. The first-order valence-electron chi connectivity index (χ1n) is 7.84. The lowest BCUT2D eigenvalue weighted by Gasteiger charge is -2.37. The topological polar surface area (TPSA) is 23.5 Å². The van der Waals surface area contributed by atoms with Crippen molar-refractivity contribution in [2.24, 2.45) is 5.92 Å². The number of rotatable bonds is 3. The van der Waals surface area contributed by atoms with E-state index in [9.17, 15) is 5.11 Å². The quantitative estimate of drug-likeness (QED) is 0.883. The molecule has 1 saturated carbocycles. The van der Waals surface area contributed by atoms with Gasteiger partial charge in [0.05, 0.1) is 0 Å². The Balaban J connectivity index is 1.80. The predicted octanol–water partition coefficient (Wildman–Crippen LogP) is 4.11. The average Bonchev–Trinajstić information content (AvgIpc) is 2.86. The van der Waals surface area contributed by atoms with Crippen molar-refractivity contribution in [3.63, 3.8) is 0 Å². The van der Waals surface area contributed by atoms with Crippen LogP contribution >= 0.6 is 0 Å². The zero-order valence-electron chi connectivity index (χ0n) is 11.9. The van der Waals surface area contributed by atoms with Crippen molar-refractivity contribution < 1.29 is 5.11 Å². The number of hydrogen-bond acceptors (Lipinski definition) is 2. The fourth-order valence-electron chi connectivity index (χ4n) is 4.19. The van der Waals surface area contributed by atoms with Crippen LogP contribution in [0.4, 0.5) is 0 Å². The largest absolute Gasteiger partial charge is 0.508 e. The highest BCUT2D eigenvalue weighted by Crippen LogP contribution is 2.41. The van der Waals surface area contributed by atoms with E-state index >= 15 is 0 Å². The van der Waals surface area contributed by atoms with E-state index in [1.165, 1.54) is 44.2 Å².